The summed E-state index contributed by atoms with van der Waals surface area (Å²) in [7, 11) is -1.96. The largest absolute Gasteiger partial charge is 0.494 e. The van der Waals surface area contributed by atoms with Crippen molar-refractivity contribution < 1.29 is 22.3 Å². The number of sulfonamides is 1. The molecule has 24 heavy (non-hydrogen) atoms. The summed E-state index contributed by atoms with van der Waals surface area (Å²) >= 11 is 0. The first kappa shape index (κ1) is 17.0. The summed E-state index contributed by atoms with van der Waals surface area (Å²) < 4.78 is 44.0. The lowest BCUT2D eigenvalue weighted by molar-refractivity contribution is 0.183. The number of urea groups is 1. The van der Waals surface area contributed by atoms with Gasteiger partial charge in [0.25, 0.3) is 0 Å². The summed E-state index contributed by atoms with van der Waals surface area (Å²) in [4.78, 5) is 14.1. The monoisotopic (exact) mass is 357 g/mol. The predicted octanol–water partition coefficient (Wildman–Crippen LogP) is 1.38. The summed E-state index contributed by atoms with van der Waals surface area (Å²) in [6.45, 7) is 0.580. The number of amides is 2. The van der Waals surface area contributed by atoms with Gasteiger partial charge in [0.2, 0.25) is 10.0 Å². The number of ether oxygens (including phenoxy) is 1. The summed E-state index contributed by atoms with van der Waals surface area (Å²) in [6, 6.07) is 3.39. The van der Waals surface area contributed by atoms with Gasteiger partial charge in [-0.1, -0.05) is 0 Å². The van der Waals surface area contributed by atoms with E-state index in [4.69, 9.17) is 4.74 Å². The molecule has 1 saturated carbocycles. The van der Waals surface area contributed by atoms with Crippen LogP contribution in [-0.2, 0) is 10.0 Å². The van der Waals surface area contributed by atoms with Gasteiger partial charge in [0.15, 0.2) is 11.6 Å². The number of anilines is 1. The Balaban J connectivity index is 1.68. The molecular formula is C15H20FN3O4S. The summed E-state index contributed by atoms with van der Waals surface area (Å²) in [6.07, 6.45) is 2.62. The first-order chi connectivity index (χ1) is 11.3. The zero-order valence-corrected chi connectivity index (χ0v) is 14.3. The molecule has 2 aliphatic rings. The number of nitrogens with one attached hydrogen (secondary N) is 2. The van der Waals surface area contributed by atoms with E-state index < -0.39 is 15.8 Å². The Labute approximate surface area is 140 Å². The van der Waals surface area contributed by atoms with E-state index in [-0.39, 0.29) is 29.8 Å². The van der Waals surface area contributed by atoms with Crippen LogP contribution in [0.15, 0.2) is 18.2 Å². The lowest BCUT2D eigenvalue weighted by atomic mass is 10.1. The molecule has 0 aromatic heterocycles. The molecule has 1 aliphatic heterocycles. The number of benzene rings is 1. The fraction of sp³-hybridized carbons (Fsp3) is 0.533. The second-order valence-corrected chi connectivity index (χ2v) is 8.11. The summed E-state index contributed by atoms with van der Waals surface area (Å²) in [5.41, 5.74) is 0.327. The van der Waals surface area contributed by atoms with Crippen LogP contribution in [0.25, 0.3) is 0 Å². The Morgan fingerprint density at radius 2 is 2.12 bits per heavy atom. The number of piperidine rings is 1. The van der Waals surface area contributed by atoms with E-state index in [2.05, 4.69) is 10.0 Å². The van der Waals surface area contributed by atoms with E-state index in [0.717, 1.165) is 19.1 Å². The topological polar surface area (TPSA) is 87.7 Å². The minimum absolute atomic E-state index is 0.102. The molecule has 7 nitrogen and oxygen atoms in total. The fourth-order valence-electron chi connectivity index (χ4n) is 3.60. The van der Waals surface area contributed by atoms with Crippen LogP contribution < -0.4 is 14.8 Å². The molecule has 1 saturated heterocycles. The molecule has 0 radical (unpaired) electrons. The molecule has 1 aliphatic carbocycles. The Morgan fingerprint density at radius 1 is 1.38 bits per heavy atom. The van der Waals surface area contributed by atoms with Gasteiger partial charge in [0, 0.05) is 24.3 Å². The number of hydrogen-bond donors (Lipinski definition) is 2. The minimum Gasteiger partial charge on any atom is -0.494 e. The van der Waals surface area contributed by atoms with E-state index in [1.807, 2.05) is 0 Å². The van der Waals surface area contributed by atoms with E-state index in [1.54, 1.807) is 11.0 Å². The number of rotatable bonds is 4. The maximum atomic E-state index is 13.7. The van der Waals surface area contributed by atoms with Crippen molar-refractivity contribution in [3.05, 3.63) is 24.0 Å². The first-order valence-electron chi connectivity index (χ1n) is 7.65. The Hall–Kier alpha value is -1.87. The van der Waals surface area contributed by atoms with Gasteiger partial charge < -0.3 is 15.0 Å². The number of nitrogens with zero attached hydrogens (tertiary/aromatic N) is 1. The average molecular weight is 357 g/mol. The van der Waals surface area contributed by atoms with Crippen molar-refractivity contribution >= 4 is 21.7 Å². The Bertz CT molecular complexity index is 755. The van der Waals surface area contributed by atoms with Crippen LogP contribution in [0.1, 0.15) is 12.8 Å². The highest BCUT2D eigenvalue weighted by molar-refractivity contribution is 7.88. The second-order valence-electron chi connectivity index (χ2n) is 6.33. The van der Waals surface area contributed by atoms with Gasteiger partial charge in [-0.05, 0) is 30.9 Å². The van der Waals surface area contributed by atoms with Crippen molar-refractivity contribution in [2.45, 2.75) is 24.9 Å². The van der Waals surface area contributed by atoms with Crippen molar-refractivity contribution in [1.29, 1.82) is 0 Å². The zero-order chi connectivity index (χ0) is 17.5. The third-order valence-electron chi connectivity index (χ3n) is 4.51. The quantitative estimate of drug-likeness (QED) is 0.852. The molecule has 3 atom stereocenters. The predicted molar refractivity (Wildman–Crippen MR) is 87.0 cm³/mol. The van der Waals surface area contributed by atoms with Gasteiger partial charge in [0.1, 0.15) is 0 Å². The van der Waals surface area contributed by atoms with E-state index in [0.29, 0.717) is 12.2 Å². The van der Waals surface area contributed by atoms with Crippen LogP contribution in [0.3, 0.4) is 0 Å². The van der Waals surface area contributed by atoms with Crippen LogP contribution in [0.2, 0.25) is 0 Å². The molecule has 1 aromatic carbocycles. The van der Waals surface area contributed by atoms with Gasteiger partial charge in [-0.2, -0.15) is 0 Å². The average Bonchev–Trinajstić information content (AvgIpc) is 3.05. The minimum atomic E-state index is -3.32. The number of hydrogen-bond acceptors (Lipinski definition) is 4. The van der Waals surface area contributed by atoms with Gasteiger partial charge in [-0.3, -0.25) is 0 Å². The van der Waals surface area contributed by atoms with Crippen molar-refractivity contribution in [2.24, 2.45) is 5.92 Å². The highest BCUT2D eigenvalue weighted by Crippen LogP contribution is 2.38. The van der Waals surface area contributed by atoms with E-state index in [9.17, 15) is 17.6 Å². The van der Waals surface area contributed by atoms with Crippen molar-refractivity contribution in [1.82, 2.24) is 9.62 Å². The SMILES string of the molecule is COc1ccc(NC(=O)N2C[C@@H]3C[C@H](NS(C)(=O)=O)[C@H]2C3)cc1F. The standard InChI is InChI=1S/C15H20FN3O4S/c1-23-14-4-3-10(7-11(14)16)17-15(20)19-8-9-5-12(13(19)6-9)18-24(2,21)22/h3-4,7,9,12-13,18H,5-6,8H2,1-2H3,(H,17,20)/t9-,12+,13-/m1/s1. The molecule has 2 bridgehead atoms. The van der Waals surface area contributed by atoms with Crippen LogP contribution >= 0.6 is 0 Å². The first-order valence-corrected chi connectivity index (χ1v) is 9.54. The zero-order valence-electron chi connectivity index (χ0n) is 13.5. The highest BCUT2D eigenvalue weighted by atomic mass is 32.2. The van der Waals surface area contributed by atoms with Crippen LogP contribution in [-0.4, -0.2) is 51.3 Å². The number of likely N-dealkylation sites (tertiary alicyclic amines) is 1. The van der Waals surface area contributed by atoms with Gasteiger partial charge in [-0.15, -0.1) is 0 Å². The van der Waals surface area contributed by atoms with Crippen molar-refractivity contribution in [2.75, 3.05) is 25.2 Å². The van der Waals surface area contributed by atoms with E-state index >= 15 is 0 Å². The Kier molecular flexibility index (Phi) is 4.39. The molecule has 9 heteroatoms. The summed E-state index contributed by atoms with van der Waals surface area (Å²) in [5, 5.41) is 2.66. The van der Waals surface area contributed by atoms with Gasteiger partial charge >= 0.3 is 6.03 Å². The molecule has 1 heterocycles. The molecule has 0 unspecified atom stereocenters. The maximum Gasteiger partial charge on any atom is 0.322 e. The maximum absolute atomic E-state index is 13.7. The fourth-order valence-corrected chi connectivity index (χ4v) is 4.40. The third-order valence-corrected chi connectivity index (χ3v) is 5.24. The lowest BCUT2D eigenvalue weighted by Crippen LogP contribution is -2.52. The molecule has 2 N–H and O–H groups in total. The van der Waals surface area contributed by atoms with E-state index in [1.165, 1.54) is 19.2 Å². The molecule has 132 valence electrons. The molecular weight excluding hydrogens is 337 g/mol. The van der Waals surface area contributed by atoms with Crippen LogP contribution in [0, 0.1) is 11.7 Å². The lowest BCUT2D eigenvalue weighted by Gasteiger charge is -2.33. The number of carbonyl (C=O) groups excluding carboxylic acids is 1. The molecule has 1 aromatic rings. The molecule has 2 fully saturated rings. The van der Waals surface area contributed by atoms with Gasteiger partial charge in [0.05, 0.1) is 19.4 Å². The molecule has 0 spiro atoms. The van der Waals surface area contributed by atoms with Crippen LogP contribution in [0.4, 0.5) is 14.9 Å². The summed E-state index contributed by atoms with van der Waals surface area (Å²) in [5.74, 6) is -0.173. The molecule has 3 rings (SSSR count). The molecule has 2 amide bonds. The number of methoxy groups -OCH3 is 1. The third kappa shape index (κ3) is 3.46. The normalized spacial score (nSPS) is 25.8. The number of halogens is 1. The number of carbonyl (C=O) groups is 1. The Morgan fingerprint density at radius 3 is 2.71 bits per heavy atom. The second kappa shape index (κ2) is 6.21. The van der Waals surface area contributed by atoms with Crippen molar-refractivity contribution in [3.8, 4) is 5.75 Å². The van der Waals surface area contributed by atoms with Gasteiger partial charge in [-0.25, -0.2) is 22.3 Å². The van der Waals surface area contributed by atoms with Crippen LogP contribution in [0.5, 0.6) is 5.75 Å². The number of fused-ring (bicyclic) bond motifs is 2. The smallest absolute Gasteiger partial charge is 0.322 e. The van der Waals surface area contributed by atoms with Crippen molar-refractivity contribution in [3.63, 3.8) is 0 Å². The highest BCUT2D eigenvalue weighted by Gasteiger charge is 2.47.